The minimum atomic E-state index is -4.44. The molecule has 1 unspecified atom stereocenters. The Bertz CT molecular complexity index is 306. The summed E-state index contributed by atoms with van der Waals surface area (Å²) in [6, 6.07) is 0. The Balaban J connectivity index is 3.14. The fourth-order valence-electron chi connectivity index (χ4n) is 2.77. The number of unbranched alkanes of at least 4 members (excludes halogenated alkanes) is 13. The predicted molar refractivity (Wildman–Crippen MR) is 98.9 cm³/mol. The number of phosphoric acid groups is 1. The van der Waals surface area contributed by atoms with E-state index in [1.165, 1.54) is 84.0 Å². The molecule has 0 bridgehead atoms. The van der Waals surface area contributed by atoms with Crippen molar-refractivity contribution < 1.29 is 23.6 Å². The van der Waals surface area contributed by atoms with E-state index in [1.54, 1.807) is 0 Å². The van der Waals surface area contributed by atoms with Gasteiger partial charge in [0, 0.05) is 6.61 Å². The second-order valence-electron chi connectivity index (χ2n) is 6.63. The first-order valence-corrected chi connectivity index (χ1v) is 11.3. The molecular formula is C18H39O5P. The van der Waals surface area contributed by atoms with Crippen molar-refractivity contribution in [3.05, 3.63) is 0 Å². The summed E-state index contributed by atoms with van der Waals surface area (Å²) < 4.78 is 20.2. The van der Waals surface area contributed by atoms with E-state index >= 15 is 0 Å². The van der Waals surface area contributed by atoms with Crippen molar-refractivity contribution >= 4 is 7.82 Å². The van der Waals surface area contributed by atoms with Gasteiger partial charge in [-0.05, 0) is 13.3 Å². The Labute approximate surface area is 148 Å². The average molecular weight is 366 g/mol. The van der Waals surface area contributed by atoms with Crippen LogP contribution in [0, 0.1) is 0 Å². The van der Waals surface area contributed by atoms with Gasteiger partial charge >= 0.3 is 7.82 Å². The molecule has 6 heteroatoms. The summed E-state index contributed by atoms with van der Waals surface area (Å²) in [5.74, 6) is 0. The minimum absolute atomic E-state index is 0.485. The largest absolute Gasteiger partial charge is 0.471 e. The van der Waals surface area contributed by atoms with E-state index in [0.717, 1.165) is 12.8 Å². The van der Waals surface area contributed by atoms with Crippen LogP contribution in [0.3, 0.4) is 0 Å². The average Bonchev–Trinajstić information content (AvgIpc) is 2.49. The smallest absolute Gasteiger partial charge is 0.352 e. The molecule has 0 aliphatic carbocycles. The molecule has 2 N–H and O–H groups in total. The molecule has 0 aromatic heterocycles. The Hall–Kier alpha value is 0.0700. The van der Waals surface area contributed by atoms with E-state index in [4.69, 9.17) is 14.5 Å². The molecule has 0 spiro atoms. The normalized spacial score (nSPS) is 13.3. The third kappa shape index (κ3) is 20.1. The van der Waals surface area contributed by atoms with Crippen LogP contribution in [0.25, 0.3) is 0 Å². The topological polar surface area (TPSA) is 76.0 Å². The maximum Gasteiger partial charge on any atom is 0.471 e. The lowest BCUT2D eigenvalue weighted by atomic mass is 10.0. The van der Waals surface area contributed by atoms with Crippen molar-refractivity contribution in [1.82, 2.24) is 0 Å². The van der Waals surface area contributed by atoms with Gasteiger partial charge in [-0.3, -0.25) is 4.52 Å². The van der Waals surface area contributed by atoms with Crippen molar-refractivity contribution in [3.8, 4) is 0 Å². The lowest BCUT2D eigenvalue weighted by molar-refractivity contribution is -0.0802. The summed E-state index contributed by atoms with van der Waals surface area (Å²) in [6.07, 6.45) is 17.4. The van der Waals surface area contributed by atoms with Crippen molar-refractivity contribution in [1.29, 1.82) is 0 Å². The van der Waals surface area contributed by atoms with Crippen LogP contribution in [-0.4, -0.2) is 22.7 Å². The van der Waals surface area contributed by atoms with Crippen LogP contribution < -0.4 is 0 Å². The zero-order valence-corrected chi connectivity index (χ0v) is 16.6. The van der Waals surface area contributed by atoms with Gasteiger partial charge in [0.1, 0.15) is 0 Å². The molecule has 0 rings (SSSR count). The van der Waals surface area contributed by atoms with Gasteiger partial charge in [0.25, 0.3) is 0 Å². The molecule has 0 aromatic carbocycles. The van der Waals surface area contributed by atoms with Gasteiger partial charge in [-0.15, -0.1) is 0 Å². The van der Waals surface area contributed by atoms with Gasteiger partial charge in [0.05, 0.1) is 0 Å². The molecule has 0 heterocycles. The fraction of sp³-hybridized carbons (Fsp3) is 1.00. The van der Waals surface area contributed by atoms with E-state index in [-0.39, 0.29) is 0 Å². The summed E-state index contributed by atoms with van der Waals surface area (Å²) in [5.41, 5.74) is 0. The Morgan fingerprint density at radius 2 is 1.12 bits per heavy atom. The van der Waals surface area contributed by atoms with Crippen molar-refractivity contribution in [3.63, 3.8) is 0 Å². The van der Waals surface area contributed by atoms with Crippen molar-refractivity contribution in [2.45, 2.75) is 110 Å². The molecule has 0 radical (unpaired) electrons. The molecule has 0 amide bonds. The number of hydrogen-bond acceptors (Lipinski definition) is 3. The standard InChI is InChI=1S/C18H39O5P/c1-3-4-5-6-7-8-9-10-11-12-13-14-15-16-17-22-18(2)23-24(19,20)21/h18H,3-17H2,1-2H3,(H2,19,20,21). The van der Waals surface area contributed by atoms with Crippen LogP contribution in [0.4, 0.5) is 0 Å². The third-order valence-corrected chi connectivity index (χ3v) is 4.71. The molecule has 1 atom stereocenters. The van der Waals surface area contributed by atoms with Crippen LogP contribution >= 0.6 is 7.82 Å². The van der Waals surface area contributed by atoms with Gasteiger partial charge in [-0.25, -0.2) is 4.57 Å². The fourth-order valence-corrected chi connectivity index (χ4v) is 3.22. The van der Waals surface area contributed by atoms with Gasteiger partial charge in [0.2, 0.25) is 0 Å². The summed E-state index contributed by atoms with van der Waals surface area (Å²) in [4.78, 5) is 17.2. The summed E-state index contributed by atoms with van der Waals surface area (Å²) >= 11 is 0. The molecule has 0 aliphatic rings. The molecule has 5 nitrogen and oxygen atoms in total. The van der Waals surface area contributed by atoms with Crippen LogP contribution in [0.15, 0.2) is 0 Å². The first-order chi connectivity index (χ1) is 11.5. The van der Waals surface area contributed by atoms with E-state index in [1.807, 2.05) is 0 Å². The number of phosphoric ester groups is 1. The molecule has 0 aliphatic heterocycles. The van der Waals surface area contributed by atoms with Gasteiger partial charge in [-0.2, -0.15) is 0 Å². The first kappa shape index (κ1) is 24.1. The highest BCUT2D eigenvalue weighted by molar-refractivity contribution is 7.46. The second-order valence-corrected chi connectivity index (χ2v) is 7.82. The summed E-state index contributed by atoms with van der Waals surface area (Å²) in [7, 11) is -4.44. The summed E-state index contributed by atoms with van der Waals surface area (Å²) in [5, 5.41) is 0. The highest BCUT2D eigenvalue weighted by Gasteiger charge is 2.18. The highest BCUT2D eigenvalue weighted by Crippen LogP contribution is 2.37. The lowest BCUT2D eigenvalue weighted by Crippen LogP contribution is -2.12. The molecule has 0 saturated carbocycles. The molecule has 0 aromatic rings. The Morgan fingerprint density at radius 1 is 0.750 bits per heavy atom. The number of ether oxygens (including phenoxy) is 1. The molecule has 0 saturated heterocycles. The van der Waals surface area contributed by atoms with Crippen LogP contribution in [0.1, 0.15) is 104 Å². The van der Waals surface area contributed by atoms with Gasteiger partial charge in [-0.1, -0.05) is 90.4 Å². The zero-order chi connectivity index (χ0) is 18.1. The quantitative estimate of drug-likeness (QED) is 0.178. The van der Waals surface area contributed by atoms with Crippen LogP contribution in [0.5, 0.6) is 0 Å². The van der Waals surface area contributed by atoms with E-state index in [9.17, 15) is 4.57 Å². The second kappa shape index (κ2) is 16.5. The Kier molecular flexibility index (Phi) is 16.6. The van der Waals surface area contributed by atoms with E-state index in [2.05, 4.69) is 11.4 Å². The predicted octanol–water partition coefficient (Wildman–Crippen LogP) is 5.94. The summed E-state index contributed by atoms with van der Waals surface area (Å²) in [6.45, 7) is 4.25. The van der Waals surface area contributed by atoms with Crippen LogP contribution in [0.2, 0.25) is 0 Å². The first-order valence-electron chi connectivity index (χ1n) is 9.81. The highest BCUT2D eigenvalue weighted by atomic mass is 31.2. The van der Waals surface area contributed by atoms with Crippen molar-refractivity contribution in [2.75, 3.05) is 6.61 Å². The maximum atomic E-state index is 10.6. The molecule has 146 valence electrons. The van der Waals surface area contributed by atoms with E-state index in [0.29, 0.717) is 6.61 Å². The van der Waals surface area contributed by atoms with Gasteiger partial charge < -0.3 is 14.5 Å². The number of hydrogen-bond donors (Lipinski definition) is 2. The third-order valence-electron chi connectivity index (χ3n) is 4.14. The van der Waals surface area contributed by atoms with Crippen LogP contribution in [-0.2, 0) is 13.8 Å². The lowest BCUT2D eigenvalue weighted by Gasteiger charge is -2.14. The zero-order valence-electron chi connectivity index (χ0n) is 15.8. The van der Waals surface area contributed by atoms with Crippen molar-refractivity contribution in [2.24, 2.45) is 0 Å². The SMILES string of the molecule is CCCCCCCCCCCCCCCCOC(C)OP(=O)(O)O. The minimum Gasteiger partial charge on any atom is -0.352 e. The van der Waals surface area contributed by atoms with E-state index < -0.39 is 14.1 Å². The molecular weight excluding hydrogens is 327 g/mol. The molecule has 0 fully saturated rings. The number of rotatable bonds is 18. The van der Waals surface area contributed by atoms with Gasteiger partial charge in [0.15, 0.2) is 6.29 Å². The maximum absolute atomic E-state index is 10.6. The molecule has 24 heavy (non-hydrogen) atoms. The Morgan fingerprint density at radius 3 is 1.50 bits per heavy atom. The monoisotopic (exact) mass is 366 g/mol.